The van der Waals surface area contributed by atoms with Crippen LogP contribution >= 0.6 is 0 Å². The number of alkyl halides is 3. The lowest BCUT2D eigenvalue weighted by Crippen LogP contribution is -2.30. The quantitative estimate of drug-likeness (QED) is 0.368. The van der Waals surface area contributed by atoms with Gasteiger partial charge in [0, 0.05) is 0 Å². The number of ether oxygens (including phenoxy) is 1. The molecule has 1 rings (SSSR count). The van der Waals surface area contributed by atoms with E-state index in [0.29, 0.717) is 5.76 Å². The zero-order valence-electron chi connectivity index (χ0n) is 9.63. The standard InChI is InChI=1S/C10H13F3N2O3/c1-6-8(9(16)15-14)4-7(18-6)5-17-3-2-10(11,12)13/h4H,2-3,5,14H2,1H3,(H,15,16). The van der Waals surface area contributed by atoms with E-state index in [9.17, 15) is 18.0 Å². The first-order valence-corrected chi connectivity index (χ1v) is 5.08. The van der Waals surface area contributed by atoms with Gasteiger partial charge in [0.2, 0.25) is 0 Å². The van der Waals surface area contributed by atoms with Crippen LogP contribution in [0, 0.1) is 6.92 Å². The summed E-state index contributed by atoms with van der Waals surface area (Å²) in [5.41, 5.74) is 2.16. The Labute approximate surface area is 101 Å². The molecule has 5 nitrogen and oxygen atoms in total. The minimum absolute atomic E-state index is 0.130. The lowest BCUT2D eigenvalue weighted by molar-refractivity contribution is -0.146. The third kappa shape index (κ3) is 4.38. The summed E-state index contributed by atoms with van der Waals surface area (Å²) < 4.78 is 45.4. The maximum absolute atomic E-state index is 11.8. The van der Waals surface area contributed by atoms with Crippen LogP contribution in [0.2, 0.25) is 0 Å². The zero-order valence-corrected chi connectivity index (χ0v) is 9.63. The van der Waals surface area contributed by atoms with E-state index in [1.807, 2.05) is 5.43 Å². The van der Waals surface area contributed by atoms with Gasteiger partial charge in [-0.2, -0.15) is 13.2 Å². The average Bonchev–Trinajstić information content (AvgIpc) is 2.64. The van der Waals surface area contributed by atoms with Crippen molar-refractivity contribution in [3.8, 4) is 0 Å². The number of nitrogens with two attached hydrogens (primary N) is 1. The molecule has 1 aromatic rings. The number of rotatable bonds is 5. The SMILES string of the molecule is Cc1oc(COCCC(F)(F)F)cc1C(=O)NN. The lowest BCUT2D eigenvalue weighted by atomic mass is 10.2. The molecule has 18 heavy (non-hydrogen) atoms. The molecule has 1 heterocycles. The van der Waals surface area contributed by atoms with Gasteiger partial charge in [-0.1, -0.05) is 0 Å². The summed E-state index contributed by atoms with van der Waals surface area (Å²) in [7, 11) is 0. The van der Waals surface area contributed by atoms with Crippen LogP contribution in [0.3, 0.4) is 0 Å². The van der Waals surface area contributed by atoms with Crippen molar-refractivity contribution in [3.05, 3.63) is 23.2 Å². The van der Waals surface area contributed by atoms with Gasteiger partial charge in [-0.25, -0.2) is 5.84 Å². The van der Waals surface area contributed by atoms with Gasteiger partial charge in [0.05, 0.1) is 18.6 Å². The highest BCUT2D eigenvalue weighted by atomic mass is 19.4. The van der Waals surface area contributed by atoms with Crippen LogP contribution < -0.4 is 11.3 Å². The highest BCUT2D eigenvalue weighted by Gasteiger charge is 2.26. The summed E-state index contributed by atoms with van der Waals surface area (Å²) in [6.07, 6.45) is -5.27. The Kier molecular flexibility index (Phi) is 4.74. The van der Waals surface area contributed by atoms with E-state index in [0.717, 1.165) is 0 Å². The summed E-state index contributed by atoms with van der Waals surface area (Å²) in [5, 5.41) is 0. The first-order chi connectivity index (χ1) is 8.33. The summed E-state index contributed by atoms with van der Waals surface area (Å²) in [5.74, 6) is 5.02. The van der Waals surface area contributed by atoms with E-state index < -0.39 is 25.1 Å². The number of hydrazine groups is 1. The summed E-state index contributed by atoms with van der Waals surface area (Å²) >= 11 is 0. The van der Waals surface area contributed by atoms with E-state index in [2.05, 4.69) is 0 Å². The van der Waals surface area contributed by atoms with E-state index in [4.69, 9.17) is 15.0 Å². The molecule has 0 fully saturated rings. The number of furan rings is 1. The van der Waals surface area contributed by atoms with E-state index in [1.54, 1.807) is 6.92 Å². The van der Waals surface area contributed by atoms with Crippen LogP contribution in [0.4, 0.5) is 13.2 Å². The number of hydrogen-bond acceptors (Lipinski definition) is 4. The molecule has 8 heteroatoms. The van der Waals surface area contributed by atoms with Crippen molar-refractivity contribution in [1.29, 1.82) is 0 Å². The molecule has 0 saturated heterocycles. The monoisotopic (exact) mass is 266 g/mol. The maximum Gasteiger partial charge on any atom is 0.391 e. The zero-order chi connectivity index (χ0) is 13.8. The smallest absolute Gasteiger partial charge is 0.391 e. The third-order valence-corrected chi connectivity index (χ3v) is 2.12. The van der Waals surface area contributed by atoms with Gasteiger partial charge in [0.25, 0.3) is 5.91 Å². The Bertz CT molecular complexity index is 415. The molecule has 0 radical (unpaired) electrons. The Balaban J connectivity index is 2.47. The number of hydrogen-bond donors (Lipinski definition) is 2. The Morgan fingerprint density at radius 3 is 2.78 bits per heavy atom. The van der Waals surface area contributed by atoms with Crippen molar-refractivity contribution in [2.45, 2.75) is 26.1 Å². The molecule has 0 aliphatic rings. The number of carbonyl (C=O) groups is 1. The number of nitrogens with one attached hydrogen (secondary N) is 1. The molecule has 102 valence electrons. The third-order valence-electron chi connectivity index (χ3n) is 2.12. The van der Waals surface area contributed by atoms with Crippen LogP contribution in [0.15, 0.2) is 10.5 Å². The number of carbonyl (C=O) groups excluding carboxylic acids is 1. The van der Waals surface area contributed by atoms with Gasteiger partial charge >= 0.3 is 6.18 Å². The minimum Gasteiger partial charge on any atom is -0.463 e. The second-order valence-corrected chi connectivity index (χ2v) is 3.57. The van der Waals surface area contributed by atoms with Crippen LogP contribution in [0.25, 0.3) is 0 Å². The minimum atomic E-state index is -4.25. The molecule has 1 amide bonds. The lowest BCUT2D eigenvalue weighted by Gasteiger charge is -2.05. The molecule has 0 atom stereocenters. The molecule has 1 aromatic heterocycles. The Morgan fingerprint density at radius 1 is 1.56 bits per heavy atom. The van der Waals surface area contributed by atoms with Crippen LogP contribution in [-0.2, 0) is 11.3 Å². The molecule has 3 N–H and O–H groups in total. The summed E-state index contributed by atoms with van der Waals surface area (Å²) in [6.45, 7) is 0.959. The van der Waals surface area contributed by atoms with E-state index in [1.165, 1.54) is 6.07 Å². The van der Waals surface area contributed by atoms with Crippen molar-refractivity contribution in [1.82, 2.24) is 5.43 Å². The number of aryl methyl sites for hydroxylation is 1. The molecule has 0 saturated carbocycles. The van der Waals surface area contributed by atoms with Gasteiger partial charge < -0.3 is 9.15 Å². The van der Waals surface area contributed by atoms with Crippen LogP contribution in [0.5, 0.6) is 0 Å². The average molecular weight is 266 g/mol. The van der Waals surface area contributed by atoms with Gasteiger partial charge in [-0.15, -0.1) is 0 Å². The predicted molar refractivity (Wildman–Crippen MR) is 55.4 cm³/mol. The molecular formula is C10H13F3N2O3. The highest BCUT2D eigenvalue weighted by molar-refractivity contribution is 5.94. The molecular weight excluding hydrogens is 253 g/mol. The normalized spacial score (nSPS) is 11.6. The second kappa shape index (κ2) is 5.87. The fraction of sp³-hybridized carbons (Fsp3) is 0.500. The fourth-order valence-electron chi connectivity index (χ4n) is 1.28. The molecule has 0 aromatic carbocycles. The number of halogens is 3. The number of nitrogen functional groups attached to an aromatic ring is 1. The topological polar surface area (TPSA) is 77.5 Å². The van der Waals surface area contributed by atoms with Crippen molar-refractivity contribution >= 4 is 5.91 Å². The summed E-state index contributed by atoms with van der Waals surface area (Å²) in [6, 6.07) is 1.38. The Hall–Kier alpha value is -1.54. The van der Waals surface area contributed by atoms with Crippen molar-refractivity contribution in [2.24, 2.45) is 5.84 Å². The first-order valence-electron chi connectivity index (χ1n) is 5.08. The van der Waals surface area contributed by atoms with Crippen LogP contribution in [-0.4, -0.2) is 18.7 Å². The molecule has 0 spiro atoms. The van der Waals surface area contributed by atoms with Crippen molar-refractivity contribution < 1.29 is 27.1 Å². The van der Waals surface area contributed by atoms with Gasteiger partial charge in [-0.3, -0.25) is 10.2 Å². The first kappa shape index (κ1) is 14.5. The second-order valence-electron chi connectivity index (χ2n) is 3.57. The molecule has 0 aliphatic heterocycles. The Morgan fingerprint density at radius 2 is 2.22 bits per heavy atom. The molecule has 0 bridgehead atoms. The maximum atomic E-state index is 11.8. The predicted octanol–water partition coefficient (Wildman–Crippen LogP) is 1.66. The molecule has 0 aliphatic carbocycles. The summed E-state index contributed by atoms with van der Waals surface area (Å²) in [4.78, 5) is 11.2. The van der Waals surface area contributed by atoms with Crippen LogP contribution in [0.1, 0.15) is 28.3 Å². The van der Waals surface area contributed by atoms with Gasteiger partial charge in [-0.05, 0) is 13.0 Å². The van der Waals surface area contributed by atoms with Crippen molar-refractivity contribution in [2.75, 3.05) is 6.61 Å². The van der Waals surface area contributed by atoms with Gasteiger partial charge in [0.1, 0.15) is 18.1 Å². The highest BCUT2D eigenvalue weighted by Crippen LogP contribution is 2.20. The van der Waals surface area contributed by atoms with Gasteiger partial charge in [0.15, 0.2) is 0 Å². The fourth-order valence-corrected chi connectivity index (χ4v) is 1.28. The van der Waals surface area contributed by atoms with Crippen molar-refractivity contribution in [3.63, 3.8) is 0 Å². The van der Waals surface area contributed by atoms with E-state index >= 15 is 0 Å². The molecule has 0 unspecified atom stereocenters. The largest absolute Gasteiger partial charge is 0.463 e. The van der Waals surface area contributed by atoms with E-state index in [-0.39, 0.29) is 17.9 Å². The number of amides is 1.